The second-order valence-electron chi connectivity index (χ2n) is 13.4. The highest BCUT2D eigenvalue weighted by Gasteiger charge is 2.14. The summed E-state index contributed by atoms with van der Waals surface area (Å²) in [5.41, 5.74) is 15.4. The van der Waals surface area contributed by atoms with E-state index in [0.29, 0.717) is 48.9 Å². The van der Waals surface area contributed by atoms with Crippen LogP contribution in [0, 0.1) is 13.8 Å². The van der Waals surface area contributed by atoms with Gasteiger partial charge in [0, 0.05) is 60.5 Å². The first-order valence-electron chi connectivity index (χ1n) is 19.5. The lowest BCUT2D eigenvalue weighted by Crippen LogP contribution is -1.98. The van der Waals surface area contributed by atoms with Crippen LogP contribution in [0.2, 0.25) is 5.35 Å². The summed E-state index contributed by atoms with van der Waals surface area (Å²) >= 11 is 5.67. The molecule has 0 atom stereocenters. The molecule has 0 saturated carbocycles. The van der Waals surface area contributed by atoms with E-state index in [0.717, 1.165) is 62.7 Å². The standard InChI is InChI=1S/C23H24N4O3.C13H10ClN3O2.C10H15NO/c1-4-29-15-17-7-6-16(2)19(12-17)26-23-24-14-22(30-23)18-8-9-20(21(13-18)28-3)27-11-5-10-25-27;1-18-11-7-9(12-8-15-13(14)19-12)3-4-10(11)17-6-2-5-16-17;1-3-12-7-9-5-4-8(2)10(11)6-9/h5-14H,4,15H2,1-3H3,(H,24,26);2-8H,1H3;4-6H,3,7,11H2,1-2H3. The predicted molar refractivity (Wildman–Crippen MR) is 237 cm³/mol. The van der Waals surface area contributed by atoms with Crippen LogP contribution in [-0.4, -0.2) is 57.0 Å². The van der Waals surface area contributed by atoms with Crippen LogP contribution in [0.3, 0.4) is 0 Å². The minimum absolute atomic E-state index is 0.116. The van der Waals surface area contributed by atoms with Crippen molar-refractivity contribution in [2.45, 2.75) is 40.9 Å². The highest BCUT2D eigenvalue weighted by atomic mass is 35.5. The van der Waals surface area contributed by atoms with Gasteiger partial charge in [0.05, 0.1) is 39.8 Å². The molecule has 8 rings (SSSR count). The number of rotatable bonds is 14. The smallest absolute Gasteiger partial charge is 0.299 e. The fourth-order valence-corrected chi connectivity index (χ4v) is 6.07. The maximum Gasteiger partial charge on any atom is 0.299 e. The molecule has 15 heteroatoms. The molecule has 0 spiro atoms. The van der Waals surface area contributed by atoms with Crippen molar-refractivity contribution in [3.63, 3.8) is 0 Å². The van der Waals surface area contributed by atoms with Crippen molar-refractivity contribution in [1.29, 1.82) is 0 Å². The summed E-state index contributed by atoms with van der Waals surface area (Å²) in [6, 6.07) is 27.8. The van der Waals surface area contributed by atoms with Gasteiger partial charge in [0.15, 0.2) is 11.5 Å². The zero-order chi connectivity index (χ0) is 43.1. The third-order valence-electron chi connectivity index (χ3n) is 9.25. The average Bonchev–Trinajstić information content (AvgIpc) is 4.14. The van der Waals surface area contributed by atoms with Gasteiger partial charge in [0.25, 0.3) is 11.4 Å². The Balaban J connectivity index is 0.000000171. The average molecular weight is 845 g/mol. The lowest BCUT2D eigenvalue weighted by Gasteiger charge is -2.10. The molecule has 61 heavy (non-hydrogen) atoms. The third kappa shape index (κ3) is 11.7. The van der Waals surface area contributed by atoms with Gasteiger partial charge < -0.3 is 38.8 Å². The zero-order valence-electron chi connectivity index (χ0n) is 35.0. The Kier molecular flexibility index (Phi) is 15.3. The van der Waals surface area contributed by atoms with E-state index >= 15 is 0 Å². The van der Waals surface area contributed by atoms with Crippen molar-refractivity contribution < 1.29 is 27.8 Å². The molecule has 316 valence electrons. The normalized spacial score (nSPS) is 10.7. The predicted octanol–water partition coefficient (Wildman–Crippen LogP) is 10.4. The fraction of sp³-hybridized carbons (Fsp3) is 0.217. The van der Waals surface area contributed by atoms with Gasteiger partial charge in [-0.3, -0.25) is 0 Å². The number of methoxy groups -OCH3 is 2. The summed E-state index contributed by atoms with van der Waals surface area (Å²) in [5, 5.41) is 11.8. The second-order valence-corrected chi connectivity index (χ2v) is 13.7. The molecular formula is C46H49ClN8O6. The van der Waals surface area contributed by atoms with Crippen molar-refractivity contribution in [2.24, 2.45) is 0 Å². The Bertz CT molecular complexity index is 2590. The van der Waals surface area contributed by atoms with Gasteiger partial charge in [0.1, 0.15) is 22.9 Å². The summed E-state index contributed by atoms with van der Waals surface area (Å²) in [6.07, 6.45) is 10.4. The molecule has 0 fully saturated rings. The van der Waals surface area contributed by atoms with Gasteiger partial charge in [0.2, 0.25) is 0 Å². The first-order valence-corrected chi connectivity index (χ1v) is 19.9. The van der Waals surface area contributed by atoms with Crippen molar-refractivity contribution in [1.82, 2.24) is 29.5 Å². The molecule has 0 unspecified atom stereocenters. The molecule has 4 heterocycles. The Labute approximate surface area is 359 Å². The zero-order valence-corrected chi connectivity index (χ0v) is 35.7. The minimum Gasteiger partial charge on any atom is -0.494 e. The monoisotopic (exact) mass is 844 g/mol. The van der Waals surface area contributed by atoms with E-state index in [9.17, 15) is 0 Å². The summed E-state index contributed by atoms with van der Waals surface area (Å²) in [6.45, 7) is 10.7. The number of nitrogens with two attached hydrogens (primary N) is 1. The van der Waals surface area contributed by atoms with Crippen molar-refractivity contribution in [2.75, 3.05) is 38.5 Å². The van der Waals surface area contributed by atoms with Crippen LogP contribution in [0.15, 0.2) is 131 Å². The van der Waals surface area contributed by atoms with E-state index in [-0.39, 0.29) is 5.35 Å². The van der Waals surface area contributed by atoms with Crippen LogP contribution >= 0.6 is 11.6 Å². The molecule has 0 amide bonds. The Morgan fingerprint density at radius 2 is 1.21 bits per heavy atom. The quantitative estimate of drug-likeness (QED) is 0.0998. The van der Waals surface area contributed by atoms with Crippen LogP contribution in [0.4, 0.5) is 17.4 Å². The maximum absolute atomic E-state index is 5.95. The van der Waals surface area contributed by atoms with E-state index in [1.807, 2.05) is 107 Å². The fourth-order valence-electron chi connectivity index (χ4n) is 5.94. The number of oxazole rings is 2. The van der Waals surface area contributed by atoms with Crippen LogP contribution in [0.25, 0.3) is 34.0 Å². The van der Waals surface area contributed by atoms with Crippen LogP contribution < -0.4 is 20.5 Å². The third-order valence-corrected chi connectivity index (χ3v) is 9.42. The molecule has 3 N–H and O–H groups in total. The van der Waals surface area contributed by atoms with E-state index in [1.54, 1.807) is 48.4 Å². The van der Waals surface area contributed by atoms with Crippen molar-refractivity contribution >= 4 is 29.0 Å². The molecule has 4 aromatic heterocycles. The number of aromatic nitrogens is 6. The van der Waals surface area contributed by atoms with Gasteiger partial charge in [-0.1, -0.05) is 24.3 Å². The number of aryl methyl sites for hydroxylation is 2. The number of anilines is 3. The highest BCUT2D eigenvalue weighted by molar-refractivity contribution is 6.27. The topological polar surface area (TPSA) is 163 Å². The molecule has 0 radical (unpaired) electrons. The van der Waals surface area contributed by atoms with Crippen LogP contribution in [-0.2, 0) is 22.7 Å². The number of nitrogen functional groups attached to an aromatic ring is 1. The van der Waals surface area contributed by atoms with E-state index in [1.165, 1.54) is 0 Å². The van der Waals surface area contributed by atoms with Gasteiger partial charge >= 0.3 is 0 Å². The Morgan fingerprint density at radius 3 is 1.70 bits per heavy atom. The highest BCUT2D eigenvalue weighted by Crippen LogP contribution is 2.33. The summed E-state index contributed by atoms with van der Waals surface area (Å²) in [5.74, 6) is 2.62. The first kappa shape index (κ1) is 43.7. The molecule has 0 bridgehead atoms. The minimum atomic E-state index is 0.116. The molecule has 8 aromatic rings. The molecular weight excluding hydrogens is 796 g/mol. The van der Waals surface area contributed by atoms with E-state index in [2.05, 4.69) is 43.7 Å². The number of nitrogens with zero attached hydrogens (tertiary/aromatic N) is 6. The molecule has 0 saturated heterocycles. The number of benzene rings is 4. The van der Waals surface area contributed by atoms with Crippen molar-refractivity contribution in [3.05, 3.63) is 150 Å². The number of ether oxygens (including phenoxy) is 4. The van der Waals surface area contributed by atoms with E-state index < -0.39 is 0 Å². The lowest BCUT2D eigenvalue weighted by atomic mass is 10.1. The lowest BCUT2D eigenvalue weighted by molar-refractivity contribution is 0.134. The molecule has 0 aliphatic heterocycles. The van der Waals surface area contributed by atoms with Crippen LogP contribution in [0.1, 0.15) is 36.1 Å². The van der Waals surface area contributed by atoms with E-state index in [4.69, 9.17) is 45.1 Å². The van der Waals surface area contributed by atoms with Gasteiger partial charge in [-0.25, -0.2) is 19.3 Å². The maximum atomic E-state index is 5.95. The molecule has 4 aromatic carbocycles. The molecule has 14 nitrogen and oxygen atoms in total. The molecule has 0 aliphatic rings. The molecule has 0 aliphatic carbocycles. The largest absolute Gasteiger partial charge is 0.494 e. The Hall–Kier alpha value is -6.87. The van der Waals surface area contributed by atoms with Gasteiger partial charge in [-0.15, -0.1) is 0 Å². The number of hydrogen-bond acceptors (Lipinski definition) is 12. The van der Waals surface area contributed by atoms with Gasteiger partial charge in [-0.2, -0.15) is 10.2 Å². The van der Waals surface area contributed by atoms with Gasteiger partial charge in [-0.05, 0) is 122 Å². The van der Waals surface area contributed by atoms with Crippen molar-refractivity contribution in [3.8, 4) is 45.5 Å². The number of hydrogen-bond donors (Lipinski definition) is 2. The number of nitrogens with one attached hydrogen (secondary N) is 1. The summed E-state index contributed by atoms with van der Waals surface area (Å²) in [7, 11) is 3.25. The second kappa shape index (κ2) is 21.4. The SMILES string of the molecule is CCOCc1ccc(C)c(N)c1.CCOCc1ccc(C)c(Nc2ncc(-c3ccc(-n4cccn4)c(OC)c3)o2)c1.COc1cc(-c2cnc(Cl)o2)ccc1-n1cccn1. The summed E-state index contributed by atoms with van der Waals surface area (Å²) < 4.78 is 36.4. The van der Waals surface area contributed by atoms with Crippen LogP contribution in [0.5, 0.6) is 11.5 Å². The first-order chi connectivity index (χ1) is 29.7. The summed E-state index contributed by atoms with van der Waals surface area (Å²) in [4.78, 5) is 8.24. The number of halogens is 1. The Morgan fingerprint density at radius 1 is 0.672 bits per heavy atom.